The maximum Gasteiger partial charge on any atom is -1.00 e. The molecule has 0 spiro atoms. The van der Waals surface area contributed by atoms with Gasteiger partial charge in [0, 0.05) is 0 Å². The first kappa shape index (κ1) is 23.5. The molecule has 0 bridgehead atoms. The van der Waals surface area contributed by atoms with Gasteiger partial charge in [-0.2, -0.15) is 0 Å². The van der Waals surface area contributed by atoms with Crippen molar-refractivity contribution < 1.29 is 48.0 Å². The molecule has 0 radical (unpaired) electrons. The zero-order valence-electron chi connectivity index (χ0n) is 1.46. The molecule has 0 aliphatic rings. The van der Waals surface area contributed by atoms with Gasteiger partial charge in [-0.15, -0.1) is 0 Å². The molecule has 0 N–H and O–H groups in total. The van der Waals surface area contributed by atoms with Gasteiger partial charge in [0.25, 0.3) is 0 Å². The third kappa shape index (κ3) is 9.78. The van der Waals surface area contributed by atoms with Crippen molar-refractivity contribution in [2.75, 3.05) is 0 Å². The van der Waals surface area contributed by atoms with Crippen LogP contribution < -0.4 is 48.0 Å². The molecule has 0 aromatic rings. The van der Waals surface area contributed by atoms with E-state index in [1.165, 1.54) is 0 Å². The van der Waals surface area contributed by atoms with Gasteiger partial charge in [-0.3, -0.25) is 0 Å². The van der Waals surface area contributed by atoms with Crippen LogP contribution in [0.15, 0.2) is 0 Å². The van der Waals surface area contributed by atoms with E-state index in [0.29, 0.717) is 0 Å². The largest absolute Gasteiger partial charge is 1.00 e. The topological polar surface area (TPSA) is 0 Å². The van der Waals surface area contributed by atoms with Crippen molar-refractivity contribution in [3.8, 4) is 0 Å². The molecule has 0 rings (SSSR count). The van der Waals surface area contributed by atoms with E-state index in [2.05, 4.69) is 0 Å². The third-order valence-electron chi connectivity index (χ3n) is 0. The summed E-state index contributed by atoms with van der Waals surface area (Å²) in [6.07, 6.45) is 0. The number of halogens is 2. The number of hydrogen-bond donors (Lipinski definition) is 0. The first-order valence-corrected chi connectivity index (χ1v) is 0. The van der Waals surface area contributed by atoms with E-state index in [-0.39, 0.29) is 146 Å². The Morgan fingerprint density at radius 3 is 0.750 bits per heavy atom. The summed E-state index contributed by atoms with van der Waals surface area (Å²) in [5.41, 5.74) is 0. The van der Waals surface area contributed by atoms with Crippen molar-refractivity contribution >= 4 is 97.8 Å². The molecule has 0 unspecified atom stereocenters. The Balaban J connectivity index is 0. The normalized spacial score (nSPS) is 0. The zero-order valence-corrected chi connectivity index (χ0v) is 10.2. The van der Waals surface area contributed by atoms with Crippen LogP contribution in [0.25, 0.3) is 0 Å². The fourth-order valence-electron chi connectivity index (χ4n) is 0. The quantitative estimate of drug-likeness (QED) is 0.216. The van der Waals surface area contributed by atoms with Crippen LogP contribution in [0.2, 0.25) is 0 Å². The maximum absolute atomic E-state index is 0. The van der Waals surface area contributed by atoms with Crippen LogP contribution in [-0.4, -0.2) is 97.8 Å². The van der Waals surface area contributed by atoms with Crippen molar-refractivity contribution in [1.82, 2.24) is 0 Å². The molecule has 0 saturated carbocycles. The monoisotopic (exact) mass is 532 g/mol. The van der Waals surface area contributed by atoms with Gasteiger partial charge in [0.1, 0.15) is 0 Å². The molecule has 0 nitrogen and oxygen atoms in total. The van der Waals surface area contributed by atoms with E-state index >= 15 is 0 Å². The summed E-state index contributed by atoms with van der Waals surface area (Å²) in [4.78, 5) is 0. The van der Waals surface area contributed by atoms with Crippen LogP contribution in [0.1, 0.15) is 0 Å². The summed E-state index contributed by atoms with van der Waals surface area (Å²) < 4.78 is 0. The standard InChI is InChI=1S/2Ba.2HI.2H/h;;2*1H;;/q;+2;;;;/p-2. The minimum atomic E-state index is 0. The molecular formula is H2Ba2I2. The van der Waals surface area contributed by atoms with Gasteiger partial charge in [0.15, 0.2) is 0 Å². The molecule has 0 heterocycles. The Hall–Kier alpha value is 4.60. The molecule has 4 heteroatoms. The second-order valence-corrected chi connectivity index (χ2v) is 0. The van der Waals surface area contributed by atoms with Crippen LogP contribution in [-0.2, 0) is 0 Å². The third-order valence-corrected chi connectivity index (χ3v) is 0. The van der Waals surface area contributed by atoms with E-state index < -0.39 is 0 Å². The minimum Gasteiger partial charge on any atom is -1.00 e. The summed E-state index contributed by atoms with van der Waals surface area (Å²) in [6, 6.07) is 0. The van der Waals surface area contributed by atoms with Gasteiger partial charge in [-0.25, -0.2) is 0 Å². The molecule has 0 aliphatic heterocycles. The number of hydrogen-bond acceptors (Lipinski definition) is 0. The Morgan fingerprint density at radius 2 is 0.750 bits per heavy atom. The Kier molecular flexibility index (Phi) is 91.8. The van der Waals surface area contributed by atoms with Gasteiger partial charge < -0.3 is 48.0 Å². The van der Waals surface area contributed by atoms with Gasteiger partial charge in [0.05, 0.1) is 0 Å². The molecule has 0 atom stereocenters. The second-order valence-electron chi connectivity index (χ2n) is 0. The average molecular weight is 530 g/mol. The fourth-order valence-corrected chi connectivity index (χ4v) is 0. The molecule has 0 fully saturated rings. The first-order valence-electron chi connectivity index (χ1n) is 0. The predicted octanol–water partition coefficient (Wildman–Crippen LogP) is -7.29. The van der Waals surface area contributed by atoms with Crippen molar-refractivity contribution in [1.29, 1.82) is 0 Å². The van der Waals surface area contributed by atoms with Gasteiger partial charge in [-0.1, -0.05) is 0 Å². The van der Waals surface area contributed by atoms with Crippen molar-refractivity contribution in [3.05, 3.63) is 0 Å². The minimum absolute atomic E-state index is 0. The van der Waals surface area contributed by atoms with Crippen LogP contribution in [0, 0.1) is 0 Å². The Labute approximate surface area is 141 Å². The average Bonchev–Trinajstić information content (AvgIpc) is 0. The van der Waals surface area contributed by atoms with Crippen molar-refractivity contribution in [2.45, 2.75) is 0 Å². The van der Waals surface area contributed by atoms with E-state index in [1.54, 1.807) is 0 Å². The summed E-state index contributed by atoms with van der Waals surface area (Å²) >= 11 is 0. The van der Waals surface area contributed by atoms with E-state index in [0.717, 1.165) is 0 Å². The predicted molar refractivity (Wildman–Crippen MR) is 14.3 cm³/mol. The van der Waals surface area contributed by atoms with Crippen LogP contribution >= 0.6 is 0 Å². The number of rotatable bonds is 0. The van der Waals surface area contributed by atoms with Gasteiger partial charge >= 0.3 is 97.8 Å². The Morgan fingerprint density at radius 1 is 0.750 bits per heavy atom. The molecule has 0 aromatic carbocycles. The molecule has 4 heavy (non-hydrogen) atoms. The first-order chi connectivity index (χ1) is 0. The van der Waals surface area contributed by atoms with E-state index in [1.807, 2.05) is 0 Å². The molecule has 0 saturated heterocycles. The second kappa shape index (κ2) is 15.6. The van der Waals surface area contributed by atoms with Crippen LogP contribution in [0.3, 0.4) is 0 Å². The smallest absolute Gasteiger partial charge is 1.00 e. The van der Waals surface area contributed by atoms with Crippen LogP contribution in [0.4, 0.5) is 0 Å². The molecular weight excluding hydrogens is 528 g/mol. The molecule has 0 aliphatic carbocycles. The fraction of sp³-hybridized carbons (Fsp3) is 0. The van der Waals surface area contributed by atoms with Crippen molar-refractivity contribution in [2.24, 2.45) is 0 Å². The summed E-state index contributed by atoms with van der Waals surface area (Å²) in [5.74, 6) is 0. The van der Waals surface area contributed by atoms with Crippen LogP contribution in [0.5, 0.6) is 0 Å². The van der Waals surface area contributed by atoms with Crippen molar-refractivity contribution in [3.63, 3.8) is 0 Å². The van der Waals surface area contributed by atoms with E-state index in [9.17, 15) is 0 Å². The summed E-state index contributed by atoms with van der Waals surface area (Å²) in [6.45, 7) is 0. The van der Waals surface area contributed by atoms with Gasteiger partial charge in [0.2, 0.25) is 0 Å². The SMILES string of the molecule is [Ba+2].[BaH2].[I-].[I-]. The summed E-state index contributed by atoms with van der Waals surface area (Å²) in [7, 11) is 0. The summed E-state index contributed by atoms with van der Waals surface area (Å²) in [5, 5.41) is 0. The molecule has 0 amide bonds. The Bertz CT molecular complexity index is 4.00. The maximum atomic E-state index is 0. The molecule has 0 aromatic heterocycles. The van der Waals surface area contributed by atoms with Gasteiger partial charge in [-0.05, 0) is 0 Å². The van der Waals surface area contributed by atoms with E-state index in [4.69, 9.17) is 0 Å². The molecule has 20 valence electrons. The zero-order chi connectivity index (χ0) is 0.